The lowest BCUT2D eigenvalue weighted by molar-refractivity contribution is 0.112. The van der Waals surface area contributed by atoms with Crippen molar-refractivity contribution in [3.63, 3.8) is 0 Å². The van der Waals surface area contributed by atoms with Crippen molar-refractivity contribution in [3.05, 3.63) is 36.3 Å². The molecule has 0 bridgehead atoms. The second-order valence-corrected chi connectivity index (χ2v) is 2.60. The molecule has 2 rings (SSSR count). The maximum absolute atomic E-state index is 10.5. The summed E-state index contributed by atoms with van der Waals surface area (Å²) in [5.41, 5.74) is 2.28. The Kier molecular flexibility index (Phi) is 5.59. The van der Waals surface area contributed by atoms with E-state index in [-0.39, 0.29) is 24.8 Å². The molecule has 0 aliphatic carbocycles. The second-order valence-electron chi connectivity index (χ2n) is 2.60. The van der Waals surface area contributed by atoms with E-state index < -0.39 is 0 Å². The molecule has 15 heavy (non-hydrogen) atoms. The van der Waals surface area contributed by atoms with Crippen molar-refractivity contribution in [1.29, 1.82) is 0 Å². The van der Waals surface area contributed by atoms with Crippen LogP contribution in [0.1, 0.15) is 10.4 Å². The fourth-order valence-corrected chi connectivity index (χ4v) is 1.09. The van der Waals surface area contributed by atoms with Crippen molar-refractivity contribution in [2.75, 3.05) is 0 Å². The lowest BCUT2D eigenvalue weighted by atomic mass is 10.2. The molecule has 0 aliphatic heterocycles. The lowest BCUT2D eigenvalue weighted by Crippen LogP contribution is -1.85. The van der Waals surface area contributed by atoms with Crippen LogP contribution in [0.4, 0.5) is 0 Å². The summed E-state index contributed by atoms with van der Waals surface area (Å²) in [6.45, 7) is 0. The first-order chi connectivity index (χ1) is 6.40. The minimum absolute atomic E-state index is 0. The number of H-pyrrole nitrogens is 1. The van der Waals surface area contributed by atoms with E-state index >= 15 is 0 Å². The number of pyridine rings is 1. The highest BCUT2D eigenvalue weighted by Crippen LogP contribution is 2.14. The molecule has 0 unspecified atom stereocenters. The summed E-state index contributed by atoms with van der Waals surface area (Å²) in [5.74, 6) is 0. The molecule has 0 saturated carbocycles. The van der Waals surface area contributed by atoms with Crippen LogP contribution in [0.2, 0.25) is 0 Å². The molecule has 0 spiro atoms. The van der Waals surface area contributed by atoms with E-state index in [1.807, 2.05) is 6.07 Å². The fourth-order valence-electron chi connectivity index (χ4n) is 1.09. The molecule has 0 radical (unpaired) electrons. The average molecular weight is 246 g/mol. The van der Waals surface area contributed by atoms with Crippen molar-refractivity contribution < 1.29 is 4.79 Å². The maximum Gasteiger partial charge on any atom is 0.151 e. The molecule has 0 saturated heterocycles. The van der Waals surface area contributed by atoms with Crippen molar-refractivity contribution in [2.24, 2.45) is 0 Å². The zero-order valence-electron chi connectivity index (χ0n) is 7.58. The first kappa shape index (κ1) is 13.6. The summed E-state index contributed by atoms with van der Waals surface area (Å²) in [6.07, 6.45) is 5.63. The number of nitrogens with one attached hydrogen (secondary N) is 1. The van der Waals surface area contributed by atoms with Crippen molar-refractivity contribution in [3.8, 4) is 11.3 Å². The number of nitrogens with zero attached hydrogens (tertiary/aromatic N) is 2. The van der Waals surface area contributed by atoms with Gasteiger partial charge in [-0.05, 0) is 12.1 Å². The topological polar surface area (TPSA) is 58.6 Å². The van der Waals surface area contributed by atoms with Crippen molar-refractivity contribution in [2.45, 2.75) is 0 Å². The Hall–Kier alpha value is -1.39. The highest BCUT2D eigenvalue weighted by Gasteiger charge is 1.99. The molecule has 0 amide bonds. The molecule has 6 heteroatoms. The van der Waals surface area contributed by atoms with Crippen molar-refractivity contribution >= 4 is 31.1 Å². The van der Waals surface area contributed by atoms with E-state index in [0.717, 1.165) is 17.5 Å². The summed E-state index contributed by atoms with van der Waals surface area (Å²) in [6, 6.07) is 3.58. The Morgan fingerprint density at radius 2 is 2.07 bits per heavy atom. The van der Waals surface area contributed by atoms with Crippen LogP contribution in [0.5, 0.6) is 0 Å². The molecular formula is C9H9Cl2N3O. The molecular weight excluding hydrogens is 237 g/mol. The molecule has 0 atom stereocenters. The van der Waals surface area contributed by atoms with Gasteiger partial charge in [0.25, 0.3) is 0 Å². The standard InChI is InChI=1S/C9H7N3O.2ClH/c13-6-7-3-8(5-10-4-7)9-1-2-11-12-9;;/h1-6H,(H,11,12);2*1H. The number of halogens is 2. The van der Waals surface area contributed by atoms with E-state index in [4.69, 9.17) is 0 Å². The quantitative estimate of drug-likeness (QED) is 0.825. The highest BCUT2D eigenvalue weighted by atomic mass is 35.5. The second kappa shape index (κ2) is 6.16. The zero-order chi connectivity index (χ0) is 9.10. The number of hydrogen-bond acceptors (Lipinski definition) is 3. The lowest BCUT2D eigenvalue weighted by Gasteiger charge is -1.96. The number of rotatable bonds is 2. The summed E-state index contributed by atoms with van der Waals surface area (Å²) in [7, 11) is 0. The van der Waals surface area contributed by atoms with Gasteiger partial charge < -0.3 is 0 Å². The third-order valence-electron chi connectivity index (χ3n) is 1.71. The predicted molar refractivity (Wildman–Crippen MR) is 61.7 cm³/mol. The molecule has 2 aromatic heterocycles. The fraction of sp³-hybridized carbons (Fsp3) is 0. The zero-order valence-corrected chi connectivity index (χ0v) is 9.22. The van der Waals surface area contributed by atoms with E-state index in [1.54, 1.807) is 18.5 Å². The van der Waals surface area contributed by atoms with E-state index in [9.17, 15) is 4.79 Å². The predicted octanol–water partition coefficient (Wildman–Crippen LogP) is 2.13. The largest absolute Gasteiger partial charge is 0.298 e. The van der Waals surface area contributed by atoms with Gasteiger partial charge in [0, 0.05) is 29.7 Å². The number of carbonyl (C=O) groups excluding carboxylic acids is 1. The van der Waals surface area contributed by atoms with Crippen LogP contribution in [-0.2, 0) is 0 Å². The van der Waals surface area contributed by atoms with Crippen LogP contribution in [0.15, 0.2) is 30.7 Å². The summed E-state index contributed by atoms with van der Waals surface area (Å²) >= 11 is 0. The molecule has 2 heterocycles. The minimum atomic E-state index is 0. The first-order valence-electron chi connectivity index (χ1n) is 3.80. The molecule has 80 valence electrons. The van der Waals surface area contributed by atoms with Crippen molar-refractivity contribution in [1.82, 2.24) is 15.2 Å². The van der Waals surface area contributed by atoms with E-state index in [1.165, 1.54) is 6.20 Å². The van der Waals surface area contributed by atoms with Crippen LogP contribution >= 0.6 is 24.8 Å². The van der Waals surface area contributed by atoms with Gasteiger partial charge in [-0.3, -0.25) is 14.9 Å². The SMILES string of the molecule is Cl.Cl.O=Cc1cncc(-c2ccn[nH]2)c1. The third kappa shape index (κ3) is 3.04. The van der Waals surface area contributed by atoms with Gasteiger partial charge in [0.05, 0.1) is 5.69 Å². The van der Waals surface area contributed by atoms with Crippen LogP contribution < -0.4 is 0 Å². The molecule has 0 fully saturated rings. The van der Waals surface area contributed by atoms with Gasteiger partial charge in [-0.25, -0.2) is 0 Å². The molecule has 1 N–H and O–H groups in total. The van der Waals surface area contributed by atoms with E-state index in [0.29, 0.717) is 5.56 Å². The third-order valence-corrected chi connectivity index (χ3v) is 1.71. The number of aldehydes is 1. The van der Waals surface area contributed by atoms with Gasteiger partial charge in [0.15, 0.2) is 6.29 Å². The van der Waals surface area contributed by atoms with E-state index in [2.05, 4.69) is 15.2 Å². The Labute approximate surface area is 98.9 Å². The summed E-state index contributed by atoms with van der Waals surface area (Å²) in [4.78, 5) is 14.4. The smallest absolute Gasteiger partial charge is 0.151 e. The van der Waals surface area contributed by atoms with Crippen LogP contribution in [-0.4, -0.2) is 21.5 Å². The van der Waals surface area contributed by atoms with Gasteiger partial charge >= 0.3 is 0 Å². The number of carbonyl (C=O) groups is 1. The highest BCUT2D eigenvalue weighted by molar-refractivity contribution is 5.85. The number of aromatic nitrogens is 3. The number of hydrogen-bond donors (Lipinski definition) is 1. The van der Waals surface area contributed by atoms with Crippen LogP contribution in [0.3, 0.4) is 0 Å². The average Bonchev–Trinajstić information content (AvgIpc) is 2.71. The Morgan fingerprint density at radius 1 is 1.27 bits per heavy atom. The van der Waals surface area contributed by atoms with Gasteiger partial charge in [-0.1, -0.05) is 0 Å². The summed E-state index contributed by atoms with van der Waals surface area (Å²) in [5, 5.41) is 6.61. The molecule has 2 aromatic rings. The number of aromatic amines is 1. The monoisotopic (exact) mass is 245 g/mol. The Bertz CT molecular complexity index is 417. The molecule has 4 nitrogen and oxygen atoms in total. The Morgan fingerprint density at radius 3 is 2.67 bits per heavy atom. The van der Waals surface area contributed by atoms with Crippen LogP contribution in [0.25, 0.3) is 11.3 Å². The van der Waals surface area contributed by atoms with Gasteiger partial charge in [-0.15, -0.1) is 24.8 Å². The minimum Gasteiger partial charge on any atom is -0.298 e. The summed E-state index contributed by atoms with van der Waals surface area (Å²) < 4.78 is 0. The maximum atomic E-state index is 10.5. The van der Waals surface area contributed by atoms with Crippen LogP contribution in [0, 0.1) is 0 Å². The molecule has 0 aliphatic rings. The van der Waals surface area contributed by atoms with Gasteiger partial charge in [0.2, 0.25) is 0 Å². The van der Waals surface area contributed by atoms with Gasteiger partial charge in [0.1, 0.15) is 0 Å². The first-order valence-corrected chi connectivity index (χ1v) is 3.80. The van der Waals surface area contributed by atoms with Gasteiger partial charge in [-0.2, -0.15) is 5.10 Å². The Balaban J connectivity index is 0.000000980. The molecule has 0 aromatic carbocycles. The normalized spacial score (nSPS) is 8.53.